The van der Waals surface area contributed by atoms with E-state index in [9.17, 15) is 40.2 Å². The molecule has 40 heavy (non-hydrogen) atoms. The third kappa shape index (κ3) is 3.16. The maximum absolute atomic E-state index is 13.4. The molecule has 0 saturated carbocycles. The van der Waals surface area contributed by atoms with Crippen LogP contribution in [0, 0.1) is 19.8 Å². The molecule has 1 aromatic heterocycles. The second-order valence-corrected chi connectivity index (χ2v) is 10.2. The molecule has 1 aliphatic heterocycles. The summed E-state index contributed by atoms with van der Waals surface area (Å²) in [7, 11) is 0. The quantitative estimate of drug-likeness (QED) is 0.153. The van der Waals surface area contributed by atoms with Gasteiger partial charge in [0.25, 0.3) is 0 Å². The third-order valence-corrected chi connectivity index (χ3v) is 7.93. The second-order valence-electron chi connectivity index (χ2n) is 10.2. The summed E-state index contributed by atoms with van der Waals surface area (Å²) in [6, 6.07) is 4.46. The normalized spacial score (nSPS) is 16.9. The van der Waals surface area contributed by atoms with Gasteiger partial charge in [0.1, 0.15) is 68.6 Å². The van der Waals surface area contributed by atoms with E-state index in [2.05, 4.69) is 0 Å². The number of aryl methyl sites for hydroxylation is 1. The van der Waals surface area contributed by atoms with E-state index < -0.39 is 52.0 Å². The van der Waals surface area contributed by atoms with Gasteiger partial charge in [-0.1, -0.05) is 6.92 Å². The van der Waals surface area contributed by atoms with Crippen molar-refractivity contribution < 1.29 is 44.6 Å². The highest BCUT2D eigenvalue weighted by molar-refractivity contribution is 6.19. The molecule has 204 valence electrons. The van der Waals surface area contributed by atoms with Gasteiger partial charge in [-0.05, 0) is 32.9 Å². The number of rotatable bonds is 1. The van der Waals surface area contributed by atoms with Crippen LogP contribution >= 0.6 is 0 Å². The summed E-state index contributed by atoms with van der Waals surface area (Å²) in [4.78, 5) is 26.5. The summed E-state index contributed by atoms with van der Waals surface area (Å²) in [6.07, 6.45) is -0.542. The molecule has 0 spiro atoms. The third-order valence-electron chi connectivity index (χ3n) is 7.93. The van der Waals surface area contributed by atoms with Crippen LogP contribution in [-0.4, -0.2) is 42.5 Å². The van der Waals surface area contributed by atoms with Gasteiger partial charge in [-0.25, -0.2) is 0 Å². The molecule has 4 aromatic carbocycles. The molecule has 0 radical (unpaired) electrons. The molecule has 0 fully saturated rings. The van der Waals surface area contributed by atoms with Crippen molar-refractivity contribution in [3.63, 3.8) is 0 Å². The number of carbonyl (C=O) groups is 1. The Morgan fingerprint density at radius 1 is 0.675 bits per heavy atom. The highest BCUT2D eigenvalue weighted by Gasteiger charge is 2.36. The Morgan fingerprint density at radius 2 is 1.30 bits per heavy atom. The number of ketones is 1. The molecule has 1 aliphatic rings. The first-order valence-corrected chi connectivity index (χ1v) is 12.4. The molecule has 0 aliphatic carbocycles. The fourth-order valence-corrected chi connectivity index (χ4v) is 5.52. The van der Waals surface area contributed by atoms with Crippen LogP contribution in [-0.2, 0) is 0 Å². The van der Waals surface area contributed by atoms with E-state index in [1.165, 1.54) is 12.1 Å². The molecule has 6 N–H and O–H groups in total. The molecule has 0 saturated heterocycles. The Labute approximate surface area is 225 Å². The lowest BCUT2D eigenvalue weighted by Crippen LogP contribution is -2.33. The van der Waals surface area contributed by atoms with Crippen molar-refractivity contribution in [2.75, 3.05) is 0 Å². The van der Waals surface area contributed by atoms with E-state index in [-0.39, 0.29) is 60.7 Å². The van der Waals surface area contributed by atoms with Crippen LogP contribution in [0.2, 0.25) is 0 Å². The maximum atomic E-state index is 13.4. The Morgan fingerprint density at radius 3 is 2.00 bits per heavy atom. The van der Waals surface area contributed by atoms with Gasteiger partial charge in [-0.2, -0.15) is 0 Å². The first-order valence-electron chi connectivity index (χ1n) is 12.4. The van der Waals surface area contributed by atoms with Crippen molar-refractivity contribution >= 4 is 38.3 Å². The second kappa shape index (κ2) is 8.19. The van der Waals surface area contributed by atoms with Gasteiger partial charge < -0.3 is 39.8 Å². The van der Waals surface area contributed by atoms with Gasteiger partial charge >= 0.3 is 0 Å². The van der Waals surface area contributed by atoms with Gasteiger partial charge in [0, 0.05) is 39.6 Å². The molecule has 6 rings (SSSR count). The molecule has 0 unspecified atom stereocenters. The van der Waals surface area contributed by atoms with E-state index in [0.717, 1.165) is 12.1 Å². The molecule has 2 atom stereocenters. The molecule has 2 heterocycles. The van der Waals surface area contributed by atoms with Crippen LogP contribution in [0.15, 0.2) is 33.5 Å². The van der Waals surface area contributed by atoms with Crippen molar-refractivity contribution in [3.05, 3.63) is 51.4 Å². The summed E-state index contributed by atoms with van der Waals surface area (Å²) in [6.45, 7) is 6.53. The zero-order valence-electron chi connectivity index (χ0n) is 21.8. The maximum Gasteiger partial charge on any atom is 0.190 e. The monoisotopic (exact) mass is 544 g/mol. The number of phenols is 5. The van der Waals surface area contributed by atoms with Crippen molar-refractivity contribution in [1.82, 2.24) is 0 Å². The zero-order valence-corrected chi connectivity index (χ0v) is 21.8. The predicted molar refractivity (Wildman–Crippen MR) is 146 cm³/mol. The van der Waals surface area contributed by atoms with E-state index in [1.807, 2.05) is 0 Å². The number of ether oxygens (including phenoxy) is 1. The Bertz CT molecular complexity index is 2040. The lowest BCUT2D eigenvalue weighted by Gasteiger charge is -2.29. The molecule has 5 aromatic rings. The SMILES string of the molecule is Cc1oc2cc3c(-c4c(O)cc(O)c5c(O)c6c(cc45)O[C@H](C)[C@H](C)C6=O)c(=O)cc(O)c3c(O)c2c(O)c1C. The predicted octanol–water partition coefficient (Wildman–Crippen LogP) is 5.22. The first-order chi connectivity index (χ1) is 18.8. The van der Waals surface area contributed by atoms with Crippen LogP contribution < -0.4 is 10.2 Å². The summed E-state index contributed by atoms with van der Waals surface area (Å²) >= 11 is 0. The minimum atomic E-state index is -0.768. The number of aromatic hydroxyl groups is 6. The van der Waals surface area contributed by atoms with Crippen molar-refractivity contribution in [2.24, 2.45) is 5.92 Å². The van der Waals surface area contributed by atoms with E-state index in [1.54, 1.807) is 27.7 Å². The topological polar surface area (TPSA) is 178 Å². The van der Waals surface area contributed by atoms with Gasteiger partial charge in [0.15, 0.2) is 11.2 Å². The van der Waals surface area contributed by atoms with Gasteiger partial charge in [-0.3, -0.25) is 9.59 Å². The molecule has 0 amide bonds. The number of benzene rings is 4. The van der Waals surface area contributed by atoms with Crippen LogP contribution in [0.5, 0.6) is 40.2 Å². The minimum absolute atomic E-state index is 0.00158. The largest absolute Gasteiger partial charge is 0.507 e. The Balaban J connectivity index is 1.82. The average molecular weight is 545 g/mol. The van der Waals surface area contributed by atoms with E-state index >= 15 is 0 Å². The van der Waals surface area contributed by atoms with Gasteiger partial charge in [0.05, 0.1) is 16.7 Å². The van der Waals surface area contributed by atoms with E-state index in [0.29, 0.717) is 11.3 Å². The van der Waals surface area contributed by atoms with Crippen LogP contribution in [0.25, 0.3) is 43.6 Å². The number of hydrogen-bond donors (Lipinski definition) is 6. The standard InChI is InChI=1S/C30H24O10/c1-9-11(3)39-19-5-13-21(15(31)7-17(33)23(13)29(37)25(19)27(9)35)22-14-6-20-26(28(36)10(2)12(4)40-20)30(38)24(14)18(34)8-16(22)32/h5-9,11,31,33-34,36-38H,1-4H3/t9-,11+/m0/s1. The molecular weight excluding hydrogens is 520 g/mol. The average Bonchev–Trinajstić information content (AvgIpc) is 2.86. The Kier molecular flexibility index (Phi) is 5.15. The smallest absolute Gasteiger partial charge is 0.190 e. The number of Topliss-reactive ketones (excluding diaryl/α,β-unsaturated/α-hetero) is 1. The number of phenolic OH excluding ortho intramolecular Hbond substituents is 5. The first kappa shape index (κ1) is 25.2. The highest BCUT2D eigenvalue weighted by atomic mass is 16.5. The van der Waals surface area contributed by atoms with Crippen molar-refractivity contribution in [1.29, 1.82) is 0 Å². The van der Waals surface area contributed by atoms with Crippen molar-refractivity contribution in [2.45, 2.75) is 33.8 Å². The lowest BCUT2D eigenvalue weighted by atomic mass is 9.86. The number of carbonyl (C=O) groups excluding carboxylic acids is 1. The summed E-state index contributed by atoms with van der Waals surface area (Å²) in [5, 5.41) is 65.0. The summed E-state index contributed by atoms with van der Waals surface area (Å²) in [5.74, 6) is -3.74. The summed E-state index contributed by atoms with van der Waals surface area (Å²) in [5.41, 5.74) is -0.903. The van der Waals surface area contributed by atoms with Crippen LogP contribution in [0.4, 0.5) is 0 Å². The lowest BCUT2D eigenvalue weighted by molar-refractivity contribution is 0.0726. The highest BCUT2D eigenvalue weighted by Crippen LogP contribution is 2.52. The minimum Gasteiger partial charge on any atom is -0.507 e. The fourth-order valence-electron chi connectivity index (χ4n) is 5.52. The van der Waals surface area contributed by atoms with Crippen LogP contribution in [0.3, 0.4) is 0 Å². The van der Waals surface area contributed by atoms with E-state index in [4.69, 9.17) is 9.15 Å². The zero-order chi connectivity index (χ0) is 28.9. The molecular formula is C30H24O10. The fraction of sp³-hybridized carbons (Fsp3) is 0.200. The van der Waals surface area contributed by atoms with Gasteiger partial charge in [0.2, 0.25) is 0 Å². The van der Waals surface area contributed by atoms with Crippen molar-refractivity contribution in [3.8, 4) is 51.4 Å². The summed E-state index contributed by atoms with van der Waals surface area (Å²) < 4.78 is 11.7. The van der Waals surface area contributed by atoms with Gasteiger partial charge in [-0.15, -0.1) is 0 Å². The molecule has 10 nitrogen and oxygen atoms in total. The Hall–Kier alpha value is -5.12. The molecule has 0 bridgehead atoms. The van der Waals surface area contributed by atoms with Crippen LogP contribution in [0.1, 0.15) is 35.5 Å². The number of hydrogen-bond acceptors (Lipinski definition) is 10. The number of fused-ring (bicyclic) bond motifs is 4. The molecule has 10 heteroatoms.